The van der Waals surface area contributed by atoms with E-state index in [1.54, 1.807) is 13.8 Å². The SMILES string of the molecule is CC(=O)O[C@H]1[C@H](Oc2ccc(COC(=O)N(CCS(C)(=O)=O)COc3cccc(C(=O)OB(I)B=S)c3)cc2NC(=O)CN(C)C(=O)OCC2c3ccccc3-c3ccccc32)O[C@H](C)[C@@H](C)[C@@H]1OC(C)=O. The molecule has 24 heteroatoms. The third-order valence-corrected chi connectivity index (χ3v) is 13.8. The second-order valence-electron chi connectivity index (χ2n) is 17.0. The summed E-state index contributed by atoms with van der Waals surface area (Å²) in [6, 6.07) is 27.3. The van der Waals surface area contributed by atoms with E-state index in [4.69, 9.17) is 49.9 Å². The minimum absolute atomic E-state index is 0.00475. The predicted molar refractivity (Wildman–Crippen MR) is 275 cm³/mol. The van der Waals surface area contributed by atoms with Crippen molar-refractivity contribution in [2.24, 2.45) is 5.92 Å². The smallest absolute Gasteiger partial charge is 0.409 e. The molecule has 1 aliphatic heterocycles. The van der Waals surface area contributed by atoms with Crippen molar-refractivity contribution in [3.8, 4) is 22.6 Å². The van der Waals surface area contributed by atoms with Gasteiger partial charge in [-0.25, -0.2) is 13.2 Å². The number of rotatable bonds is 20. The van der Waals surface area contributed by atoms with Crippen LogP contribution in [0.15, 0.2) is 91.0 Å². The maximum atomic E-state index is 13.8. The van der Waals surface area contributed by atoms with Gasteiger partial charge in [0.05, 0.1) is 11.8 Å². The predicted octanol–water partition coefficient (Wildman–Crippen LogP) is 6.54. The molecule has 1 heterocycles. The van der Waals surface area contributed by atoms with Crippen LogP contribution < -0.4 is 14.8 Å². The Hall–Kier alpha value is -6.11. The number of nitrogens with one attached hydrogen (secondary N) is 1. The summed E-state index contributed by atoms with van der Waals surface area (Å²) < 4.78 is 69.7. The summed E-state index contributed by atoms with van der Waals surface area (Å²) in [5.74, 6) is -3.66. The Bertz CT molecular complexity index is 2740. The fourth-order valence-corrected chi connectivity index (χ4v) is 8.70. The van der Waals surface area contributed by atoms with Crippen molar-refractivity contribution in [1.29, 1.82) is 0 Å². The zero-order chi connectivity index (χ0) is 52.3. The molecule has 4 aromatic rings. The molecule has 0 saturated carbocycles. The molecule has 380 valence electrons. The maximum Gasteiger partial charge on any atom is 0.409 e. The fourth-order valence-electron chi connectivity index (χ4n) is 7.86. The number of anilines is 1. The van der Waals surface area contributed by atoms with Crippen molar-refractivity contribution in [3.05, 3.63) is 113 Å². The zero-order valence-corrected chi connectivity index (χ0v) is 43.9. The van der Waals surface area contributed by atoms with Gasteiger partial charge in [-0.3, -0.25) is 14.4 Å². The number of likely N-dealkylation sites (N-methyl/N-ethyl adjacent to an activating group) is 1. The average molecular weight is 1140 g/mol. The molecule has 0 radical (unpaired) electrons. The summed E-state index contributed by atoms with van der Waals surface area (Å²) in [4.78, 5) is 80.1. The van der Waals surface area contributed by atoms with E-state index in [1.807, 2.05) is 70.9 Å². The molecule has 1 N–H and O–H groups in total. The molecule has 0 aromatic heterocycles. The van der Waals surface area contributed by atoms with Crippen LogP contribution in [0.5, 0.6) is 11.5 Å². The Labute approximate surface area is 436 Å². The summed E-state index contributed by atoms with van der Waals surface area (Å²) in [7, 11) is -2.17. The van der Waals surface area contributed by atoms with Gasteiger partial charge >= 0.3 is 175 Å². The second-order valence-corrected chi connectivity index (χ2v) is 20.8. The molecule has 1 saturated heterocycles. The van der Waals surface area contributed by atoms with Gasteiger partial charge in [-0.2, -0.15) is 0 Å². The molecule has 0 spiro atoms. The standard InChI is InChI=1S/C48H52B2IN3O16S2/c1-28-29(2)66-46(44(68-31(4)56)43(28)67-30(3)55)69-41-19-18-32(25-63-48(60)54(20-21-72(6,61)62)27-65-34-13-11-12-33(23-34)45(58)70-50(51)49-71)22-40(41)52-42(57)24-53(5)47(59)64-26-39-37-16-9-7-14-35(37)36-15-8-10-17-38(36)39/h7-19,22-23,28-29,39,43-44,46H,20-21,24-27H2,1-6H3,(H,52,57)/t28-,29-,43+,44-,46+/m1/s1. The Balaban J connectivity index is 1.20. The van der Waals surface area contributed by atoms with Gasteiger partial charge in [0.2, 0.25) is 18.3 Å². The van der Waals surface area contributed by atoms with Gasteiger partial charge in [0, 0.05) is 39.0 Å². The molecular formula is C48H52B2IN3O16S2. The fraction of sp³-hybridized carbons (Fsp3) is 0.375. The number of carbonyl (C=O) groups is 6. The molecule has 19 nitrogen and oxygen atoms in total. The second kappa shape index (κ2) is 25.0. The van der Waals surface area contributed by atoms with Crippen LogP contribution in [0.3, 0.4) is 0 Å². The first kappa shape index (κ1) is 55.2. The summed E-state index contributed by atoms with van der Waals surface area (Å²) in [6.07, 6.45) is -4.91. The Kier molecular flexibility index (Phi) is 19.2. The largest absolute Gasteiger partial charge is 0.458 e. The van der Waals surface area contributed by atoms with Crippen molar-refractivity contribution in [2.45, 2.75) is 64.8 Å². The van der Waals surface area contributed by atoms with Gasteiger partial charge in [-0.05, 0) is 46.9 Å². The first-order valence-electron chi connectivity index (χ1n) is 22.5. The Morgan fingerprint density at radius 3 is 2.14 bits per heavy atom. The minimum Gasteiger partial charge on any atom is -0.458 e. The van der Waals surface area contributed by atoms with E-state index < -0.39 is 107 Å². The van der Waals surface area contributed by atoms with Gasteiger partial charge in [0.25, 0.3) is 0 Å². The van der Waals surface area contributed by atoms with Gasteiger partial charge in [0.1, 0.15) is 25.0 Å². The number of halogens is 1. The quantitative estimate of drug-likeness (QED) is 0.0326. The first-order valence-corrected chi connectivity index (χ1v) is 26.3. The van der Waals surface area contributed by atoms with E-state index in [-0.39, 0.29) is 41.8 Å². The van der Waals surface area contributed by atoms with Crippen molar-refractivity contribution in [1.82, 2.24) is 9.80 Å². The number of nitrogens with zero attached hydrogens (tertiary/aromatic N) is 2. The molecule has 0 unspecified atom stereocenters. The van der Waals surface area contributed by atoms with E-state index in [0.29, 0.717) is 5.56 Å². The molecule has 4 aromatic carbocycles. The Morgan fingerprint density at radius 1 is 0.847 bits per heavy atom. The monoisotopic (exact) mass is 1140 g/mol. The number of fused-ring (bicyclic) bond motifs is 3. The summed E-state index contributed by atoms with van der Waals surface area (Å²) in [6.45, 7) is 4.17. The molecule has 6 rings (SSSR count). The minimum atomic E-state index is -3.57. The van der Waals surface area contributed by atoms with Crippen LogP contribution in [0.2, 0.25) is 0 Å². The third-order valence-electron chi connectivity index (χ3n) is 11.5. The van der Waals surface area contributed by atoms with Crippen molar-refractivity contribution in [3.63, 3.8) is 0 Å². The molecular weight excluding hydrogens is 1090 g/mol. The van der Waals surface area contributed by atoms with Crippen LogP contribution in [-0.2, 0) is 59.2 Å². The van der Waals surface area contributed by atoms with Gasteiger partial charge in [-0.1, -0.05) is 61.5 Å². The number of amides is 3. The van der Waals surface area contributed by atoms with Crippen LogP contribution >= 0.6 is 34.4 Å². The summed E-state index contributed by atoms with van der Waals surface area (Å²) in [5.41, 5.74) is 4.58. The molecule has 3 amide bonds. The molecule has 1 fully saturated rings. The van der Waals surface area contributed by atoms with E-state index >= 15 is 0 Å². The van der Waals surface area contributed by atoms with Crippen molar-refractivity contribution < 1.29 is 75.0 Å². The summed E-state index contributed by atoms with van der Waals surface area (Å²) >= 11 is 6.67. The number of hydrogen-bond acceptors (Lipinski definition) is 17. The summed E-state index contributed by atoms with van der Waals surface area (Å²) in [5, 5.41) is 2.74. The topological polar surface area (TPSA) is 229 Å². The van der Waals surface area contributed by atoms with Crippen LogP contribution in [0.4, 0.5) is 15.3 Å². The van der Waals surface area contributed by atoms with Gasteiger partial charge in [0.15, 0.2) is 0 Å². The number of benzene rings is 4. The van der Waals surface area contributed by atoms with Gasteiger partial charge < -0.3 is 33.9 Å². The number of hydrogen-bond donors (Lipinski definition) is 1. The molecule has 2 aliphatic rings. The number of sulfone groups is 1. The first-order chi connectivity index (χ1) is 34.2. The average Bonchev–Trinajstić information content (AvgIpc) is 3.65. The van der Waals surface area contributed by atoms with Crippen LogP contribution in [0, 0.1) is 5.92 Å². The number of ether oxygens (including phenoxy) is 7. The van der Waals surface area contributed by atoms with E-state index in [9.17, 15) is 37.2 Å². The normalized spacial score (nSPS) is 17.9. The van der Waals surface area contributed by atoms with E-state index in [2.05, 4.69) is 5.32 Å². The van der Waals surface area contributed by atoms with Crippen LogP contribution in [0.25, 0.3) is 11.1 Å². The maximum absolute atomic E-state index is 13.8. The molecule has 5 atom stereocenters. The van der Waals surface area contributed by atoms with Gasteiger partial charge in [-0.15, -0.1) is 0 Å². The van der Waals surface area contributed by atoms with Crippen LogP contribution in [-0.4, -0.2) is 135 Å². The molecule has 0 bridgehead atoms. The van der Waals surface area contributed by atoms with Crippen LogP contribution in [0.1, 0.15) is 60.7 Å². The van der Waals surface area contributed by atoms with Crippen molar-refractivity contribution in [2.75, 3.05) is 50.8 Å². The number of carbonyl (C=O) groups excluding carboxylic acids is 6. The third kappa shape index (κ3) is 15.0. The molecule has 72 heavy (non-hydrogen) atoms. The molecule has 1 aliphatic carbocycles. The zero-order valence-electron chi connectivity index (χ0n) is 40.1. The number of esters is 2. The van der Waals surface area contributed by atoms with Crippen molar-refractivity contribution >= 4 is 96.7 Å². The Morgan fingerprint density at radius 2 is 1.50 bits per heavy atom. The van der Waals surface area contributed by atoms with E-state index in [1.165, 1.54) is 69.4 Å². The van der Waals surface area contributed by atoms with E-state index in [0.717, 1.165) is 38.3 Å².